The standard InChI is InChI=1S/C24H31N3O4S/c1-19-16-25(17-20(2)27(19)18-21-6-4-3-5-7-21)24(28)22-8-10-23(11-9-22)32(29,30)26-12-14-31-15-13-26/h3-11,19-20H,12-18H2,1-2H3. The molecule has 2 aromatic rings. The summed E-state index contributed by atoms with van der Waals surface area (Å²) in [7, 11) is -3.56. The molecule has 0 spiro atoms. The van der Waals surface area contributed by atoms with Gasteiger partial charge in [0, 0.05) is 50.4 Å². The zero-order valence-electron chi connectivity index (χ0n) is 18.7. The van der Waals surface area contributed by atoms with Crippen molar-refractivity contribution in [1.29, 1.82) is 0 Å². The highest BCUT2D eigenvalue weighted by atomic mass is 32.2. The molecule has 2 saturated heterocycles. The van der Waals surface area contributed by atoms with Crippen LogP contribution in [0.4, 0.5) is 0 Å². The molecule has 2 unspecified atom stereocenters. The fourth-order valence-corrected chi connectivity index (χ4v) is 5.92. The van der Waals surface area contributed by atoms with E-state index in [9.17, 15) is 13.2 Å². The van der Waals surface area contributed by atoms with Crippen LogP contribution in [0.15, 0.2) is 59.5 Å². The van der Waals surface area contributed by atoms with Gasteiger partial charge >= 0.3 is 0 Å². The van der Waals surface area contributed by atoms with Crippen LogP contribution in [-0.2, 0) is 21.3 Å². The Balaban J connectivity index is 1.42. The molecule has 1 amide bonds. The zero-order chi connectivity index (χ0) is 22.7. The number of carbonyl (C=O) groups is 1. The van der Waals surface area contributed by atoms with Crippen LogP contribution in [0.25, 0.3) is 0 Å². The lowest BCUT2D eigenvalue weighted by molar-refractivity contribution is 0.0269. The first-order valence-corrected chi connectivity index (χ1v) is 12.6. The number of piperazine rings is 1. The van der Waals surface area contributed by atoms with Gasteiger partial charge in [-0.2, -0.15) is 4.31 Å². The Morgan fingerprint density at radius 3 is 2.12 bits per heavy atom. The molecule has 2 aliphatic rings. The molecule has 0 N–H and O–H groups in total. The number of hydrogen-bond acceptors (Lipinski definition) is 5. The maximum atomic E-state index is 13.1. The Morgan fingerprint density at radius 2 is 1.53 bits per heavy atom. The first-order chi connectivity index (χ1) is 15.4. The Kier molecular flexibility index (Phi) is 6.95. The van der Waals surface area contributed by atoms with Crippen LogP contribution in [-0.4, -0.2) is 79.9 Å². The van der Waals surface area contributed by atoms with E-state index in [0.717, 1.165) is 6.54 Å². The minimum absolute atomic E-state index is 0.0571. The van der Waals surface area contributed by atoms with E-state index >= 15 is 0 Å². The molecule has 2 aliphatic heterocycles. The first-order valence-electron chi connectivity index (χ1n) is 11.1. The van der Waals surface area contributed by atoms with Crippen molar-refractivity contribution >= 4 is 15.9 Å². The number of carbonyl (C=O) groups excluding carboxylic acids is 1. The monoisotopic (exact) mass is 457 g/mol. The third kappa shape index (κ3) is 4.88. The second kappa shape index (κ2) is 9.70. The predicted octanol–water partition coefficient (Wildman–Crippen LogP) is 2.44. The van der Waals surface area contributed by atoms with Gasteiger partial charge in [-0.1, -0.05) is 30.3 Å². The molecule has 2 atom stereocenters. The Hall–Kier alpha value is -2.26. The lowest BCUT2D eigenvalue weighted by Gasteiger charge is -2.44. The molecule has 0 radical (unpaired) electrons. The molecule has 0 bridgehead atoms. The summed E-state index contributed by atoms with van der Waals surface area (Å²) in [5, 5.41) is 0. The van der Waals surface area contributed by atoms with Crippen LogP contribution in [0, 0.1) is 0 Å². The topological polar surface area (TPSA) is 70.2 Å². The van der Waals surface area contributed by atoms with Gasteiger partial charge < -0.3 is 9.64 Å². The Bertz CT molecular complexity index is 1010. The van der Waals surface area contributed by atoms with Gasteiger partial charge in [-0.15, -0.1) is 0 Å². The molecular formula is C24H31N3O4S. The van der Waals surface area contributed by atoms with Gasteiger partial charge in [-0.3, -0.25) is 9.69 Å². The second-order valence-electron chi connectivity index (χ2n) is 8.61. The van der Waals surface area contributed by atoms with Gasteiger partial charge in [0.05, 0.1) is 18.1 Å². The SMILES string of the molecule is CC1CN(C(=O)c2ccc(S(=O)(=O)N3CCOCC3)cc2)CC(C)N1Cc1ccccc1. The van der Waals surface area contributed by atoms with Crippen LogP contribution in [0.1, 0.15) is 29.8 Å². The van der Waals surface area contributed by atoms with Crippen LogP contribution < -0.4 is 0 Å². The fourth-order valence-electron chi connectivity index (χ4n) is 4.52. The average molecular weight is 458 g/mol. The van der Waals surface area contributed by atoms with Crippen molar-refractivity contribution in [1.82, 2.24) is 14.1 Å². The Morgan fingerprint density at radius 1 is 0.938 bits per heavy atom. The zero-order valence-corrected chi connectivity index (χ0v) is 19.5. The quantitative estimate of drug-likeness (QED) is 0.690. The van der Waals surface area contributed by atoms with E-state index in [4.69, 9.17) is 4.74 Å². The Labute approximate surface area is 190 Å². The molecule has 0 saturated carbocycles. The molecule has 8 heteroatoms. The summed E-state index contributed by atoms with van der Waals surface area (Å²) >= 11 is 0. The summed E-state index contributed by atoms with van der Waals surface area (Å²) in [5.41, 5.74) is 1.78. The number of amides is 1. The summed E-state index contributed by atoms with van der Waals surface area (Å²) in [5.74, 6) is -0.0571. The van der Waals surface area contributed by atoms with E-state index in [1.54, 1.807) is 12.1 Å². The number of rotatable bonds is 5. The third-order valence-corrected chi connectivity index (χ3v) is 8.22. The van der Waals surface area contributed by atoms with Crippen molar-refractivity contribution in [2.45, 2.75) is 37.4 Å². The van der Waals surface area contributed by atoms with E-state index in [-0.39, 0.29) is 22.9 Å². The lowest BCUT2D eigenvalue weighted by atomic mass is 10.0. The van der Waals surface area contributed by atoms with Crippen molar-refractivity contribution in [3.05, 3.63) is 65.7 Å². The molecule has 2 fully saturated rings. The number of ether oxygens (including phenoxy) is 1. The number of sulfonamides is 1. The highest BCUT2D eigenvalue weighted by Crippen LogP contribution is 2.22. The van der Waals surface area contributed by atoms with Crippen LogP contribution >= 0.6 is 0 Å². The minimum Gasteiger partial charge on any atom is -0.379 e. The molecule has 2 heterocycles. The maximum absolute atomic E-state index is 13.1. The van der Waals surface area contributed by atoms with Gasteiger partial charge in [-0.25, -0.2) is 8.42 Å². The number of benzene rings is 2. The average Bonchev–Trinajstić information content (AvgIpc) is 2.82. The normalized spacial score (nSPS) is 23.2. The molecule has 7 nitrogen and oxygen atoms in total. The smallest absolute Gasteiger partial charge is 0.253 e. The summed E-state index contributed by atoms with van der Waals surface area (Å²) < 4.78 is 32.3. The number of nitrogens with zero attached hydrogens (tertiary/aromatic N) is 3. The van der Waals surface area contributed by atoms with Crippen molar-refractivity contribution in [3.8, 4) is 0 Å². The van der Waals surface area contributed by atoms with Gasteiger partial charge in [0.25, 0.3) is 5.91 Å². The van der Waals surface area contributed by atoms with E-state index in [0.29, 0.717) is 45.0 Å². The lowest BCUT2D eigenvalue weighted by Crippen LogP contribution is -2.57. The number of hydrogen-bond donors (Lipinski definition) is 0. The maximum Gasteiger partial charge on any atom is 0.253 e. The van der Waals surface area contributed by atoms with Crippen molar-refractivity contribution in [3.63, 3.8) is 0 Å². The molecular weight excluding hydrogens is 426 g/mol. The van der Waals surface area contributed by atoms with Crippen LogP contribution in [0.3, 0.4) is 0 Å². The van der Waals surface area contributed by atoms with Crippen LogP contribution in [0.2, 0.25) is 0 Å². The van der Waals surface area contributed by atoms with Crippen LogP contribution in [0.5, 0.6) is 0 Å². The molecule has 172 valence electrons. The van der Waals surface area contributed by atoms with Crippen molar-refractivity contribution in [2.75, 3.05) is 39.4 Å². The predicted molar refractivity (Wildman–Crippen MR) is 123 cm³/mol. The minimum atomic E-state index is -3.56. The fraction of sp³-hybridized carbons (Fsp3) is 0.458. The van der Waals surface area contributed by atoms with Gasteiger partial charge in [0.2, 0.25) is 10.0 Å². The van der Waals surface area contributed by atoms with E-state index in [2.05, 4.69) is 30.9 Å². The highest BCUT2D eigenvalue weighted by Gasteiger charge is 2.32. The van der Waals surface area contributed by atoms with Crippen molar-refractivity contribution < 1.29 is 17.9 Å². The van der Waals surface area contributed by atoms with E-state index in [1.807, 2.05) is 23.1 Å². The molecule has 32 heavy (non-hydrogen) atoms. The van der Waals surface area contributed by atoms with Gasteiger partial charge in [0.15, 0.2) is 0 Å². The first kappa shape index (κ1) is 22.9. The highest BCUT2D eigenvalue weighted by molar-refractivity contribution is 7.89. The van der Waals surface area contributed by atoms with E-state index < -0.39 is 10.0 Å². The van der Waals surface area contributed by atoms with Crippen molar-refractivity contribution in [2.24, 2.45) is 0 Å². The van der Waals surface area contributed by atoms with Gasteiger partial charge in [-0.05, 0) is 43.7 Å². The van der Waals surface area contributed by atoms with E-state index in [1.165, 1.54) is 22.0 Å². The summed E-state index contributed by atoms with van der Waals surface area (Å²) in [6.45, 7) is 7.96. The largest absolute Gasteiger partial charge is 0.379 e. The second-order valence-corrected chi connectivity index (χ2v) is 10.5. The molecule has 0 aromatic heterocycles. The third-order valence-electron chi connectivity index (χ3n) is 6.31. The molecule has 0 aliphatic carbocycles. The number of morpholine rings is 1. The molecule has 4 rings (SSSR count). The molecule has 2 aromatic carbocycles. The van der Waals surface area contributed by atoms with Gasteiger partial charge in [0.1, 0.15) is 0 Å². The summed E-state index contributed by atoms with van der Waals surface area (Å²) in [6, 6.07) is 17.2. The summed E-state index contributed by atoms with van der Waals surface area (Å²) in [6.07, 6.45) is 0. The summed E-state index contributed by atoms with van der Waals surface area (Å²) in [4.78, 5) is 17.7.